The number of H-pyrrole nitrogens is 1. The van der Waals surface area contributed by atoms with Gasteiger partial charge in [-0.3, -0.25) is 0 Å². The SMILES string of the molecule is Cc1ccc2[nH]c3c(C)cc(-n4ccc(CO)c4)c(C)c3c2c1. The molecule has 3 heteroatoms. The van der Waals surface area contributed by atoms with E-state index in [1.165, 1.54) is 38.5 Å². The zero-order chi connectivity index (χ0) is 16.1. The Morgan fingerprint density at radius 3 is 2.65 bits per heavy atom. The molecule has 4 rings (SSSR count). The van der Waals surface area contributed by atoms with Crippen molar-refractivity contribution < 1.29 is 5.11 Å². The fourth-order valence-corrected chi connectivity index (χ4v) is 3.46. The minimum absolute atomic E-state index is 0.0690. The van der Waals surface area contributed by atoms with Crippen LogP contribution in [0.2, 0.25) is 0 Å². The van der Waals surface area contributed by atoms with Crippen LogP contribution in [-0.4, -0.2) is 14.7 Å². The van der Waals surface area contributed by atoms with Gasteiger partial charge < -0.3 is 14.7 Å². The van der Waals surface area contributed by atoms with Crippen LogP contribution in [0.4, 0.5) is 0 Å². The largest absolute Gasteiger partial charge is 0.392 e. The zero-order valence-electron chi connectivity index (χ0n) is 13.6. The van der Waals surface area contributed by atoms with E-state index < -0.39 is 0 Å². The molecule has 0 aliphatic carbocycles. The van der Waals surface area contributed by atoms with Gasteiger partial charge in [0.2, 0.25) is 0 Å². The third-order valence-electron chi connectivity index (χ3n) is 4.68. The lowest BCUT2D eigenvalue weighted by atomic mass is 10.0. The number of benzene rings is 2. The Hall–Kier alpha value is -2.52. The summed E-state index contributed by atoms with van der Waals surface area (Å²) in [6.07, 6.45) is 4.01. The molecule has 2 aromatic carbocycles. The molecule has 23 heavy (non-hydrogen) atoms. The molecule has 0 aliphatic rings. The number of nitrogens with zero attached hydrogens (tertiary/aromatic N) is 1. The molecule has 4 aromatic rings. The molecule has 2 heterocycles. The topological polar surface area (TPSA) is 41.0 Å². The summed E-state index contributed by atoms with van der Waals surface area (Å²) < 4.78 is 2.10. The Balaban J connectivity index is 2.08. The van der Waals surface area contributed by atoms with E-state index in [4.69, 9.17) is 0 Å². The predicted octanol–water partition coefficient (Wildman–Crippen LogP) is 4.53. The van der Waals surface area contributed by atoms with Gasteiger partial charge in [0.25, 0.3) is 0 Å². The summed E-state index contributed by atoms with van der Waals surface area (Å²) in [4.78, 5) is 3.56. The van der Waals surface area contributed by atoms with Crippen LogP contribution in [0.25, 0.3) is 27.5 Å². The first-order chi connectivity index (χ1) is 11.1. The normalized spacial score (nSPS) is 11.7. The van der Waals surface area contributed by atoms with E-state index in [0.717, 1.165) is 11.3 Å². The Morgan fingerprint density at radius 1 is 1.09 bits per heavy atom. The van der Waals surface area contributed by atoms with Crippen LogP contribution in [-0.2, 0) is 6.61 Å². The first-order valence-corrected chi connectivity index (χ1v) is 7.89. The number of aliphatic hydroxyl groups is 1. The summed E-state index contributed by atoms with van der Waals surface area (Å²) in [6.45, 7) is 6.51. The summed E-state index contributed by atoms with van der Waals surface area (Å²) in [5, 5.41) is 11.9. The maximum absolute atomic E-state index is 9.31. The monoisotopic (exact) mass is 304 g/mol. The molecule has 0 aliphatic heterocycles. The van der Waals surface area contributed by atoms with E-state index in [1.54, 1.807) is 0 Å². The van der Waals surface area contributed by atoms with Crippen LogP contribution >= 0.6 is 0 Å². The van der Waals surface area contributed by atoms with Crippen molar-refractivity contribution in [1.82, 2.24) is 9.55 Å². The molecule has 116 valence electrons. The zero-order valence-corrected chi connectivity index (χ0v) is 13.6. The van der Waals surface area contributed by atoms with Crippen molar-refractivity contribution in [2.24, 2.45) is 0 Å². The van der Waals surface area contributed by atoms with Gasteiger partial charge in [-0.15, -0.1) is 0 Å². The summed E-state index contributed by atoms with van der Waals surface area (Å²) in [7, 11) is 0. The maximum Gasteiger partial charge on any atom is 0.0696 e. The van der Waals surface area contributed by atoms with Gasteiger partial charge in [0.15, 0.2) is 0 Å². The van der Waals surface area contributed by atoms with E-state index in [0.29, 0.717) is 0 Å². The molecule has 2 aromatic heterocycles. The van der Waals surface area contributed by atoms with Gasteiger partial charge in [0.1, 0.15) is 0 Å². The standard InChI is InChI=1S/C20H20N2O/c1-12-4-5-17-16(8-12)19-14(3)18(9-13(2)20(19)21-17)22-7-6-15(10-22)11-23/h4-10,21,23H,11H2,1-3H3. The highest BCUT2D eigenvalue weighted by molar-refractivity contribution is 6.11. The number of rotatable bonds is 2. The number of aryl methyl sites for hydroxylation is 3. The van der Waals surface area contributed by atoms with Crippen molar-refractivity contribution in [1.29, 1.82) is 0 Å². The number of aromatic nitrogens is 2. The average molecular weight is 304 g/mol. The average Bonchev–Trinajstić information content (AvgIpc) is 3.15. The molecule has 0 spiro atoms. The smallest absolute Gasteiger partial charge is 0.0696 e. The van der Waals surface area contributed by atoms with Crippen molar-refractivity contribution >= 4 is 21.8 Å². The quantitative estimate of drug-likeness (QED) is 0.561. The second-order valence-electron chi connectivity index (χ2n) is 6.35. The Labute approximate surface area is 135 Å². The number of aliphatic hydroxyl groups excluding tert-OH is 1. The van der Waals surface area contributed by atoms with Crippen molar-refractivity contribution in [3.05, 3.63) is 65.0 Å². The molecule has 0 radical (unpaired) electrons. The van der Waals surface area contributed by atoms with Gasteiger partial charge in [0, 0.05) is 39.9 Å². The molecular weight excluding hydrogens is 284 g/mol. The fraction of sp³-hybridized carbons (Fsp3) is 0.200. The summed E-state index contributed by atoms with van der Waals surface area (Å²) in [6, 6.07) is 10.7. The molecule has 2 N–H and O–H groups in total. The molecule has 0 fully saturated rings. The van der Waals surface area contributed by atoms with Gasteiger partial charge in [0.05, 0.1) is 6.61 Å². The molecule has 0 bridgehead atoms. The van der Waals surface area contributed by atoms with Crippen LogP contribution in [0.15, 0.2) is 42.7 Å². The minimum atomic E-state index is 0.0690. The van der Waals surface area contributed by atoms with Gasteiger partial charge >= 0.3 is 0 Å². The van der Waals surface area contributed by atoms with E-state index in [9.17, 15) is 5.11 Å². The maximum atomic E-state index is 9.31. The van der Waals surface area contributed by atoms with Gasteiger partial charge in [-0.1, -0.05) is 11.6 Å². The third kappa shape index (κ3) is 2.08. The third-order valence-corrected chi connectivity index (χ3v) is 4.68. The molecule has 3 nitrogen and oxygen atoms in total. The van der Waals surface area contributed by atoms with Crippen molar-refractivity contribution in [3.8, 4) is 5.69 Å². The highest BCUT2D eigenvalue weighted by Crippen LogP contribution is 2.34. The van der Waals surface area contributed by atoms with Crippen molar-refractivity contribution in [2.75, 3.05) is 0 Å². The van der Waals surface area contributed by atoms with Crippen LogP contribution in [0.3, 0.4) is 0 Å². The van der Waals surface area contributed by atoms with Crippen molar-refractivity contribution in [2.45, 2.75) is 27.4 Å². The summed E-state index contributed by atoms with van der Waals surface area (Å²) in [5.41, 5.74) is 8.23. The predicted molar refractivity (Wildman–Crippen MR) is 95.3 cm³/mol. The molecule has 0 saturated carbocycles. The summed E-state index contributed by atoms with van der Waals surface area (Å²) >= 11 is 0. The number of fused-ring (bicyclic) bond motifs is 3. The molecule has 0 saturated heterocycles. The molecule has 0 unspecified atom stereocenters. The number of hydrogen-bond acceptors (Lipinski definition) is 1. The van der Waals surface area contributed by atoms with Crippen LogP contribution in [0, 0.1) is 20.8 Å². The molecule has 0 amide bonds. The molecule has 0 atom stereocenters. The first kappa shape index (κ1) is 14.1. The number of hydrogen-bond donors (Lipinski definition) is 2. The lowest BCUT2D eigenvalue weighted by Gasteiger charge is -2.11. The molecular formula is C20H20N2O. The van der Waals surface area contributed by atoms with E-state index in [-0.39, 0.29) is 6.61 Å². The highest BCUT2D eigenvalue weighted by atomic mass is 16.3. The minimum Gasteiger partial charge on any atom is -0.392 e. The van der Waals surface area contributed by atoms with Crippen molar-refractivity contribution in [3.63, 3.8) is 0 Å². The lowest BCUT2D eigenvalue weighted by molar-refractivity contribution is 0.282. The lowest BCUT2D eigenvalue weighted by Crippen LogP contribution is -1.96. The Kier molecular flexibility index (Phi) is 3.06. The van der Waals surface area contributed by atoms with E-state index in [1.807, 2.05) is 18.5 Å². The Morgan fingerprint density at radius 2 is 1.91 bits per heavy atom. The second kappa shape index (κ2) is 5.00. The van der Waals surface area contributed by atoms with Gasteiger partial charge in [-0.05, 0) is 61.7 Å². The second-order valence-corrected chi connectivity index (χ2v) is 6.35. The van der Waals surface area contributed by atoms with Crippen LogP contribution < -0.4 is 0 Å². The Bertz CT molecular complexity index is 1040. The van der Waals surface area contributed by atoms with Gasteiger partial charge in [-0.25, -0.2) is 0 Å². The van der Waals surface area contributed by atoms with E-state index in [2.05, 4.69) is 54.6 Å². The van der Waals surface area contributed by atoms with E-state index >= 15 is 0 Å². The number of aromatic amines is 1. The van der Waals surface area contributed by atoms with Gasteiger partial charge in [-0.2, -0.15) is 0 Å². The van der Waals surface area contributed by atoms with Crippen LogP contribution in [0.1, 0.15) is 22.3 Å². The first-order valence-electron chi connectivity index (χ1n) is 7.89. The number of nitrogens with one attached hydrogen (secondary N) is 1. The fourth-order valence-electron chi connectivity index (χ4n) is 3.46. The summed E-state index contributed by atoms with van der Waals surface area (Å²) in [5.74, 6) is 0. The van der Waals surface area contributed by atoms with Crippen LogP contribution in [0.5, 0.6) is 0 Å². The highest BCUT2D eigenvalue weighted by Gasteiger charge is 2.14.